The summed E-state index contributed by atoms with van der Waals surface area (Å²) in [5.41, 5.74) is 4.53. The number of nitrogens with one attached hydrogen (secondary N) is 2. The van der Waals surface area contributed by atoms with E-state index in [9.17, 15) is 9.59 Å². The zero-order valence-electron chi connectivity index (χ0n) is 14.5. The number of carbonyl (C=O) groups excluding carboxylic acids is 2. The Labute approximate surface area is 143 Å². The van der Waals surface area contributed by atoms with E-state index in [1.165, 1.54) is 5.56 Å². The summed E-state index contributed by atoms with van der Waals surface area (Å²) in [7, 11) is 0. The fourth-order valence-corrected chi connectivity index (χ4v) is 2.39. The highest BCUT2D eigenvalue weighted by atomic mass is 16.2. The first-order valence-electron chi connectivity index (χ1n) is 8.28. The van der Waals surface area contributed by atoms with Gasteiger partial charge < -0.3 is 10.6 Å². The molecule has 2 aromatic rings. The molecular weight excluding hydrogens is 300 g/mol. The lowest BCUT2D eigenvalue weighted by Crippen LogP contribution is -2.29. The first-order valence-corrected chi connectivity index (χ1v) is 8.28. The van der Waals surface area contributed by atoms with Crippen LogP contribution in [-0.2, 0) is 16.0 Å². The molecule has 2 rings (SSSR count). The molecule has 2 N–H and O–H groups in total. The van der Waals surface area contributed by atoms with Gasteiger partial charge in [-0.1, -0.05) is 37.6 Å². The third-order valence-corrected chi connectivity index (χ3v) is 4.09. The molecule has 0 aliphatic rings. The molecule has 0 spiro atoms. The largest absolute Gasteiger partial charge is 0.318 e. The molecule has 4 heteroatoms. The molecule has 4 nitrogen and oxygen atoms in total. The van der Waals surface area contributed by atoms with Crippen LogP contribution in [0.5, 0.6) is 0 Å². The number of benzene rings is 2. The number of hydrogen-bond donors (Lipinski definition) is 2. The molecular formula is C20H24N2O2. The van der Waals surface area contributed by atoms with Gasteiger partial charge in [0.05, 0.1) is 0 Å². The molecule has 0 radical (unpaired) electrons. The van der Waals surface area contributed by atoms with Crippen LogP contribution >= 0.6 is 0 Å². The Morgan fingerprint density at radius 1 is 0.917 bits per heavy atom. The highest BCUT2D eigenvalue weighted by Gasteiger charge is 2.15. The minimum absolute atomic E-state index is 0.622. The molecule has 0 atom stereocenters. The average molecular weight is 324 g/mol. The number of anilines is 2. The Morgan fingerprint density at radius 3 is 2.25 bits per heavy atom. The minimum Gasteiger partial charge on any atom is -0.318 e. The van der Waals surface area contributed by atoms with Crippen LogP contribution in [0.4, 0.5) is 11.4 Å². The van der Waals surface area contributed by atoms with Gasteiger partial charge in [-0.25, -0.2) is 0 Å². The van der Waals surface area contributed by atoms with Gasteiger partial charge in [0.25, 0.3) is 0 Å². The summed E-state index contributed by atoms with van der Waals surface area (Å²) < 4.78 is 0. The lowest BCUT2D eigenvalue weighted by molar-refractivity contribution is -0.133. The molecule has 24 heavy (non-hydrogen) atoms. The molecule has 126 valence electrons. The predicted octanol–water partition coefficient (Wildman–Crippen LogP) is 4.22. The molecule has 0 fully saturated rings. The molecule has 0 aliphatic carbocycles. The summed E-state index contributed by atoms with van der Waals surface area (Å²) in [5, 5.41) is 5.29. The fraction of sp³-hybridized carbons (Fsp3) is 0.300. The topological polar surface area (TPSA) is 58.2 Å². The van der Waals surface area contributed by atoms with Crippen molar-refractivity contribution in [1.82, 2.24) is 0 Å². The molecule has 0 aliphatic heterocycles. The van der Waals surface area contributed by atoms with Crippen LogP contribution in [0.15, 0.2) is 42.5 Å². The fourth-order valence-electron chi connectivity index (χ4n) is 2.39. The van der Waals surface area contributed by atoms with E-state index in [0.29, 0.717) is 11.4 Å². The van der Waals surface area contributed by atoms with E-state index < -0.39 is 11.8 Å². The van der Waals surface area contributed by atoms with E-state index in [2.05, 4.69) is 17.6 Å². The van der Waals surface area contributed by atoms with E-state index in [4.69, 9.17) is 0 Å². The van der Waals surface area contributed by atoms with Crippen LogP contribution in [0.3, 0.4) is 0 Å². The normalized spacial score (nSPS) is 10.3. The minimum atomic E-state index is -0.669. The number of hydrogen-bond acceptors (Lipinski definition) is 2. The summed E-state index contributed by atoms with van der Waals surface area (Å²) in [4.78, 5) is 24.1. The van der Waals surface area contributed by atoms with E-state index in [0.717, 1.165) is 30.4 Å². The van der Waals surface area contributed by atoms with Crippen molar-refractivity contribution in [1.29, 1.82) is 0 Å². The van der Waals surface area contributed by atoms with Crippen LogP contribution in [0.1, 0.15) is 36.5 Å². The Hall–Kier alpha value is -2.62. The average Bonchev–Trinajstić information content (AvgIpc) is 2.58. The van der Waals surface area contributed by atoms with E-state index in [1.54, 1.807) is 6.07 Å². The molecule has 0 saturated heterocycles. The maximum Gasteiger partial charge on any atom is 0.314 e. The third kappa shape index (κ3) is 4.69. The van der Waals surface area contributed by atoms with Crippen LogP contribution in [0.25, 0.3) is 0 Å². The summed E-state index contributed by atoms with van der Waals surface area (Å²) >= 11 is 0. The smallest absolute Gasteiger partial charge is 0.314 e. The van der Waals surface area contributed by atoms with Crippen molar-refractivity contribution in [2.24, 2.45) is 0 Å². The third-order valence-electron chi connectivity index (χ3n) is 4.09. The number of carbonyl (C=O) groups is 2. The molecule has 2 amide bonds. The van der Waals surface area contributed by atoms with Gasteiger partial charge in [-0.05, 0) is 61.6 Å². The number of amides is 2. The Kier molecular flexibility index (Phi) is 6.13. The second-order valence-corrected chi connectivity index (χ2v) is 5.96. The highest BCUT2D eigenvalue weighted by molar-refractivity contribution is 6.43. The number of unbranched alkanes of at least 4 members (excludes halogenated alkanes) is 1. The predicted molar refractivity (Wildman–Crippen MR) is 98.2 cm³/mol. The van der Waals surface area contributed by atoms with Crippen molar-refractivity contribution >= 4 is 23.2 Å². The van der Waals surface area contributed by atoms with Crippen molar-refractivity contribution in [3.05, 3.63) is 59.2 Å². The summed E-state index contributed by atoms with van der Waals surface area (Å²) in [6.45, 7) is 6.03. The quantitative estimate of drug-likeness (QED) is 0.809. The molecule has 0 heterocycles. The van der Waals surface area contributed by atoms with Gasteiger partial charge in [0.15, 0.2) is 0 Å². The SMILES string of the molecule is CCCCc1ccc(NC(=O)C(=O)Nc2cccc(C)c2C)cc1. The first kappa shape index (κ1) is 17.7. The molecule has 0 aromatic heterocycles. The Balaban J connectivity index is 1.96. The van der Waals surface area contributed by atoms with Gasteiger partial charge in [-0.2, -0.15) is 0 Å². The van der Waals surface area contributed by atoms with Crippen molar-refractivity contribution in [3.8, 4) is 0 Å². The van der Waals surface area contributed by atoms with Crippen LogP contribution in [0.2, 0.25) is 0 Å². The molecule has 0 saturated carbocycles. The maximum absolute atomic E-state index is 12.1. The monoisotopic (exact) mass is 324 g/mol. The van der Waals surface area contributed by atoms with E-state index in [1.807, 2.05) is 50.2 Å². The van der Waals surface area contributed by atoms with Crippen molar-refractivity contribution in [3.63, 3.8) is 0 Å². The molecule has 0 unspecified atom stereocenters. The van der Waals surface area contributed by atoms with Crippen molar-refractivity contribution in [2.75, 3.05) is 10.6 Å². The highest BCUT2D eigenvalue weighted by Crippen LogP contribution is 2.18. The van der Waals surface area contributed by atoms with Gasteiger partial charge in [0.1, 0.15) is 0 Å². The number of rotatable bonds is 5. The van der Waals surface area contributed by atoms with Gasteiger partial charge in [-0.3, -0.25) is 9.59 Å². The maximum atomic E-state index is 12.1. The van der Waals surface area contributed by atoms with Crippen LogP contribution in [-0.4, -0.2) is 11.8 Å². The first-order chi connectivity index (χ1) is 11.5. The van der Waals surface area contributed by atoms with Gasteiger partial charge in [0, 0.05) is 11.4 Å². The lowest BCUT2D eigenvalue weighted by atomic mass is 10.1. The summed E-state index contributed by atoms with van der Waals surface area (Å²) in [6.07, 6.45) is 3.32. The number of aryl methyl sites for hydroxylation is 2. The lowest BCUT2D eigenvalue weighted by Gasteiger charge is -2.10. The summed E-state index contributed by atoms with van der Waals surface area (Å²) in [5.74, 6) is -1.34. The van der Waals surface area contributed by atoms with Gasteiger partial charge in [0.2, 0.25) is 0 Å². The van der Waals surface area contributed by atoms with Crippen molar-refractivity contribution < 1.29 is 9.59 Å². The Morgan fingerprint density at radius 2 is 1.58 bits per heavy atom. The van der Waals surface area contributed by atoms with Gasteiger partial charge >= 0.3 is 11.8 Å². The Bertz CT molecular complexity index is 721. The van der Waals surface area contributed by atoms with E-state index in [-0.39, 0.29) is 0 Å². The second-order valence-electron chi connectivity index (χ2n) is 5.96. The van der Waals surface area contributed by atoms with Crippen molar-refractivity contribution in [2.45, 2.75) is 40.0 Å². The zero-order chi connectivity index (χ0) is 17.5. The molecule has 0 bridgehead atoms. The second kappa shape index (κ2) is 8.29. The van der Waals surface area contributed by atoms with E-state index >= 15 is 0 Å². The zero-order valence-corrected chi connectivity index (χ0v) is 14.5. The molecule has 2 aromatic carbocycles. The van der Waals surface area contributed by atoms with Crippen LogP contribution < -0.4 is 10.6 Å². The standard InChI is InChI=1S/C20H24N2O2/c1-4-5-8-16-10-12-17(13-11-16)21-19(23)20(24)22-18-9-6-7-14(2)15(18)3/h6-7,9-13H,4-5,8H2,1-3H3,(H,21,23)(H,22,24). The van der Waals surface area contributed by atoms with Gasteiger partial charge in [-0.15, -0.1) is 0 Å². The van der Waals surface area contributed by atoms with Crippen LogP contribution in [0, 0.1) is 13.8 Å². The summed E-state index contributed by atoms with van der Waals surface area (Å²) in [6, 6.07) is 13.2.